The Kier molecular flexibility index (Phi) is 2.46. The third-order valence-electron chi connectivity index (χ3n) is 2.60. The average Bonchev–Trinajstić information content (AvgIpc) is 2.47. The molecule has 0 aliphatic heterocycles. The van der Waals surface area contributed by atoms with Gasteiger partial charge in [-0.25, -0.2) is 9.53 Å². The molecule has 0 saturated heterocycles. The zero-order valence-electron chi connectivity index (χ0n) is 8.86. The first-order chi connectivity index (χ1) is 7.18. The highest BCUT2D eigenvalue weighted by Gasteiger charge is 2.11. The van der Waals surface area contributed by atoms with Gasteiger partial charge in [0.05, 0.1) is 11.3 Å². The maximum absolute atomic E-state index is 11.5. The molecule has 0 aliphatic rings. The van der Waals surface area contributed by atoms with E-state index in [4.69, 9.17) is 4.52 Å². The van der Waals surface area contributed by atoms with Gasteiger partial charge < -0.3 is 4.52 Å². The third-order valence-corrected chi connectivity index (χ3v) is 2.60. The summed E-state index contributed by atoms with van der Waals surface area (Å²) in [4.78, 5) is 11.5. The number of rotatable bonds is 2. The third kappa shape index (κ3) is 1.86. The molecule has 0 bridgehead atoms. The molecule has 2 rings (SSSR count). The van der Waals surface area contributed by atoms with Crippen LogP contribution in [0.2, 0.25) is 0 Å². The molecule has 0 spiro atoms. The van der Waals surface area contributed by atoms with Gasteiger partial charge in [0, 0.05) is 13.5 Å². The van der Waals surface area contributed by atoms with Crippen LogP contribution in [0.15, 0.2) is 39.6 Å². The Balaban J connectivity index is 2.37. The van der Waals surface area contributed by atoms with Crippen molar-refractivity contribution in [1.29, 1.82) is 0 Å². The number of aromatic nitrogens is 1. The van der Waals surface area contributed by atoms with Gasteiger partial charge in [0.2, 0.25) is 0 Å². The van der Waals surface area contributed by atoms with Gasteiger partial charge in [0.1, 0.15) is 0 Å². The first kappa shape index (κ1) is 9.77. The molecule has 0 unspecified atom stereocenters. The highest BCUT2D eigenvalue weighted by atomic mass is 16.5. The summed E-state index contributed by atoms with van der Waals surface area (Å²) in [7, 11) is 1.74. The van der Waals surface area contributed by atoms with E-state index in [0.717, 1.165) is 16.8 Å². The molecule has 0 fully saturated rings. The Labute approximate surface area is 87.9 Å². The quantitative estimate of drug-likeness (QED) is 0.747. The van der Waals surface area contributed by atoms with Crippen molar-refractivity contribution >= 4 is 0 Å². The summed E-state index contributed by atoms with van der Waals surface area (Å²) in [5.41, 5.74) is 2.52. The molecule has 0 N–H and O–H groups in total. The van der Waals surface area contributed by atoms with Crippen LogP contribution in [0.25, 0.3) is 0 Å². The van der Waals surface area contributed by atoms with Crippen molar-refractivity contribution in [3.05, 3.63) is 57.6 Å². The maximum atomic E-state index is 11.5. The number of benzene rings is 1. The van der Waals surface area contributed by atoms with Gasteiger partial charge in [-0.05, 0) is 12.5 Å². The molecule has 2 aromatic rings. The molecular weight excluding hydrogens is 190 g/mol. The number of hydrogen-bond donors (Lipinski definition) is 0. The van der Waals surface area contributed by atoms with Crippen LogP contribution in [-0.4, -0.2) is 4.74 Å². The Bertz CT molecular complexity index is 508. The lowest BCUT2D eigenvalue weighted by Gasteiger charge is -1.98. The largest absolute Gasteiger partial charge is 0.361 e. The van der Waals surface area contributed by atoms with Crippen molar-refractivity contribution in [2.75, 3.05) is 0 Å². The van der Waals surface area contributed by atoms with E-state index in [1.54, 1.807) is 7.05 Å². The van der Waals surface area contributed by atoms with Gasteiger partial charge in [-0.15, -0.1) is 0 Å². The molecule has 0 atom stereocenters. The minimum atomic E-state index is -0.237. The minimum absolute atomic E-state index is 0.237. The van der Waals surface area contributed by atoms with E-state index in [0.29, 0.717) is 6.42 Å². The zero-order chi connectivity index (χ0) is 10.8. The topological polar surface area (TPSA) is 35.1 Å². The zero-order valence-corrected chi connectivity index (χ0v) is 8.86. The van der Waals surface area contributed by atoms with Crippen molar-refractivity contribution in [3.63, 3.8) is 0 Å². The maximum Gasteiger partial charge on any atom is 0.361 e. The van der Waals surface area contributed by atoms with Gasteiger partial charge in [-0.2, -0.15) is 0 Å². The predicted molar refractivity (Wildman–Crippen MR) is 57.9 cm³/mol. The summed E-state index contributed by atoms with van der Waals surface area (Å²) in [6, 6.07) is 9.91. The van der Waals surface area contributed by atoms with Crippen molar-refractivity contribution in [2.24, 2.45) is 7.05 Å². The van der Waals surface area contributed by atoms with Crippen molar-refractivity contribution < 1.29 is 4.52 Å². The summed E-state index contributed by atoms with van der Waals surface area (Å²) >= 11 is 0. The van der Waals surface area contributed by atoms with Gasteiger partial charge in [0.25, 0.3) is 0 Å². The first-order valence-electron chi connectivity index (χ1n) is 4.88. The molecule has 0 amide bonds. The molecule has 78 valence electrons. The highest BCUT2D eigenvalue weighted by Crippen LogP contribution is 2.09. The lowest BCUT2D eigenvalue weighted by Crippen LogP contribution is -2.03. The number of nitrogens with zero attached hydrogens (tertiary/aromatic N) is 1. The SMILES string of the molecule is Cc1c(Cc2ccccc2)c(=O)on1C. The summed E-state index contributed by atoms with van der Waals surface area (Å²) in [5, 5.41) is 0. The normalized spacial score (nSPS) is 10.5. The van der Waals surface area contributed by atoms with Crippen LogP contribution in [0.1, 0.15) is 16.8 Å². The van der Waals surface area contributed by atoms with Crippen LogP contribution >= 0.6 is 0 Å². The summed E-state index contributed by atoms with van der Waals surface area (Å²) in [6.45, 7) is 1.89. The first-order valence-corrected chi connectivity index (χ1v) is 4.88. The van der Waals surface area contributed by atoms with Crippen LogP contribution in [0, 0.1) is 6.92 Å². The second-order valence-electron chi connectivity index (χ2n) is 3.60. The highest BCUT2D eigenvalue weighted by molar-refractivity contribution is 5.25. The fourth-order valence-corrected chi connectivity index (χ4v) is 1.59. The molecular formula is C12H13NO2. The van der Waals surface area contributed by atoms with Crippen molar-refractivity contribution in [2.45, 2.75) is 13.3 Å². The van der Waals surface area contributed by atoms with E-state index in [1.165, 1.54) is 4.74 Å². The molecule has 0 radical (unpaired) electrons. The Morgan fingerprint density at radius 3 is 2.47 bits per heavy atom. The van der Waals surface area contributed by atoms with Gasteiger partial charge in [0.15, 0.2) is 0 Å². The van der Waals surface area contributed by atoms with Gasteiger partial charge in [-0.3, -0.25) is 0 Å². The summed E-state index contributed by atoms with van der Waals surface area (Å²) in [5.74, 6) is 0. The standard InChI is InChI=1S/C12H13NO2/c1-9-11(12(14)15-13(9)2)8-10-6-4-3-5-7-10/h3-7H,8H2,1-2H3. The van der Waals surface area contributed by atoms with E-state index >= 15 is 0 Å². The van der Waals surface area contributed by atoms with Gasteiger partial charge >= 0.3 is 5.63 Å². The van der Waals surface area contributed by atoms with E-state index in [9.17, 15) is 4.79 Å². The fraction of sp³-hybridized carbons (Fsp3) is 0.250. The summed E-state index contributed by atoms with van der Waals surface area (Å²) < 4.78 is 6.49. The van der Waals surface area contributed by atoms with E-state index < -0.39 is 0 Å². The molecule has 3 nitrogen and oxygen atoms in total. The van der Waals surface area contributed by atoms with E-state index in [2.05, 4.69) is 0 Å². The predicted octanol–water partition coefficient (Wildman–Crippen LogP) is 1.88. The summed E-state index contributed by atoms with van der Waals surface area (Å²) in [6.07, 6.45) is 0.635. The Morgan fingerprint density at radius 2 is 1.93 bits per heavy atom. The molecule has 1 aromatic heterocycles. The molecule has 0 aliphatic carbocycles. The van der Waals surface area contributed by atoms with Crippen LogP contribution in [0.3, 0.4) is 0 Å². The Morgan fingerprint density at radius 1 is 1.27 bits per heavy atom. The lowest BCUT2D eigenvalue weighted by atomic mass is 10.1. The van der Waals surface area contributed by atoms with E-state index in [1.807, 2.05) is 37.3 Å². The molecule has 1 aromatic carbocycles. The van der Waals surface area contributed by atoms with Crippen molar-refractivity contribution in [3.8, 4) is 0 Å². The number of hydrogen-bond acceptors (Lipinski definition) is 2. The molecule has 3 heteroatoms. The average molecular weight is 203 g/mol. The van der Waals surface area contributed by atoms with E-state index in [-0.39, 0.29) is 5.63 Å². The monoisotopic (exact) mass is 203 g/mol. The van der Waals surface area contributed by atoms with Crippen LogP contribution in [-0.2, 0) is 13.5 Å². The molecule has 15 heavy (non-hydrogen) atoms. The Hall–Kier alpha value is -1.77. The number of aryl methyl sites for hydroxylation is 1. The van der Waals surface area contributed by atoms with Crippen LogP contribution in [0.5, 0.6) is 0 Å². The fourth-order valence-electron chi connectivity index (χ4n) is 1.59. The lowest BCUT2D eigenvalue weighted by molar-refractivity contribution is 0.280. The van der Waals surface area contributed by atoms with Crippen LogP contribution < -0.4 is 5.63 Å². The van der Waals surface area contributed by atoms with Crippen molar-refractivity contribution in [1.82, 2.24) is 4.74 Å². The minimum Gasteiger partial charge on any atom is -0.336 e. The van der Waals surface area contributed by atoms with Crippen LogP contribution in [0.4, 0.5) is 0 Å². The molecule has 1 heterocycles. The second-order valence-corrected chi connectivity index (χ2v) is 3.60. The molecule has 0 saturated carbocycles. The second kappa shape index (κ2) is 3.77. The van der Waals surface area contributed by atoms with Gasteiger partial charge in [-0.1, -0.05) is 30.3 Å². The smallest absolute Gasteiger partial charge is 0.336 e.